The first-order valence-corrected chi connectivity index (χ1v) is 12.0. The van der Waals surface area contributed by atoms with Gasteiger partial charge in [0.15, 0.2) is 0 Å². The molecule has 4 rings (SSSR count). The van der Waals surface area contributed by atoms with Gasteiger partial charge in [0, 0.05) is 49.8 Å². The van der Waals surface area contributed by atoms with Gasteiger partial charge in [-0.1, -0.05) is 12.1 Å². The van der Waals surface area contributed by atoms with Crippen LogP contribution in [0.1, 0.15) is 59.8 Å². The first-order chi connectivity index (χ1) is 16.5. The third kappa shape index (κ3) is 5.30. The van der Waals surface area contributed by atoms with Crippen LogP contribution in [0.2, 0.25) is 0 Å². The van der Waals surface area contributed by atoms with E-state index in [-0.39, 0.29) is 12.5 Å². The van der Waals surface area contributed by atoms with Crippen molar-refractivity contribution in [2.45, 2.75) is 57.5 Å². The number of fused-ring (bicyclic) bond motifs is 1. The van der Waals surface area contributed by atoms with E-state index in [0.29, 0.717) is 37.6 Å². The molecule has 1 saturated heterocycles. The largest absolute Gasteiger partial charge is 0.481 e. The Morgan fingerprint density at radius 3 is 2.79 bits per heavy atom. The Kier molecular flexibility index (Phi) is 7.62. The molecule has 1 fully saturated rings. The van der Waals surface area contributed by atoms with Crippen LogP contribution >= 0.6 is 0 Å². The smallest absolute Gasteiger partial charge is 0.320 e. The van der Waals surface area contributed by atoms with E-state index < -0.39 is 12.0 Å². The SMILES string of the molecule is COc1ccc([C@H](CC(=O)O)N2CCN(CCCc3nc4c(cc3CN)CCCC4)C2=O)cn1. The fraction of sp³-hybridized carbons (Fsp3) is 0.520. The van der Waals surface area contributed by atoms with Crippen molar-refractivity contribution in [3.63, 3.8) is 0 Å². The highest BCUT2D eigenvalue weighted by molar-refractivity contribution is 5.78. The van der Waals surface area contributed by atoms with Gasteiger partial charge in [-0.15, -0.1) is 0 Å². The molecule has 1 aliphatic carbocycles. The number of urea groups is 1. The number of ether oxygens (including phenoxy) is 1. The molecule has 0 bridgehead atoms. The number of carboxylic acid groups (broad SMARTS) is 1. The Morgan fingerprint density at radius 2 is 2.09 bits per heavy atom. The molecule has 182 valence electrons. The normalized spacial score (nSPS) is 16.5. The number of carbonyl (C=O) groups is 2. The van der Waals surface area contributed by atoms with E-state index in [1.54, 1.807) is 28.1 Å². The summed E-state index contributed by atoms with van der Waals surface area (Å²) in [6.07, 6.45) is 7.45. The molecule has 0 saturated carbocycles. The number of methoxy groups -OCH3 is 1. The van der Waals surface area contributed by atoms with E-state index in [2.05, 4.69) is 11.1 Å². The monoisotopic (exact) mass is 467 g/mol. The quantitative estimate of drug-likeness (QED) is 0.551. The Labute approximate surface area is 199 Å². The molecule has 0 aromatic carbocycles. The van der Waals surface area contributed by atoms with Crippen molar-refractivity contribution in [1.82, 2.24) is 19.8 Å². The number of hydrogen-bond acceptors (Lipinski definition) is 6. The van der Waals surface area contributed by atoms with Gasteiger partial charge in [-0.05, 0) is 55.2 Å². The molecule has 1 aliphatic heterocycles. The van der Waals surface area contributed by atoms with Crippen LogP contribution in [0.3, 0.4) is 0 Å². The van der Waals surface area contributed by atoms with Gasteiger partial charge in [-0.2, -0.15) is 0 Å². The van der Waals surface area contributed by atoms with E-state index in [4.69, 9.17) is 15.5 Å². The highest BCUT2D eigenvalue weighted by atomic mass is 16.5. The fourth-order valence-electron chi connectivity index (χ4n) is 4.94. The number of carbonyl (C=O) groups excluding carboxylic acids is 1. The minimum atomic E-state index is -0.958. The maximum Gasteiger partial charge on any atom is 0.320 e. The lowest BCUT2D eigenvalue weighted by atomic mass is 9.93. The zero-order valence-electron chi connectivity index (χ0n) is 19.7. The van der Waals surface area contributed by atoms with Gasteiger partial charge in [0.05, 0.1) is 19.6 Å². The standard InChI is InChI=1S/C25H33N5O4/c1-34-23-9-8-18(16-27-23)22(14-24(31)32)30-12-11-29(25(30)33)10-4-7-21-19(15-26)13-17-5-2-3-6-20(17)28-21/h8-9,13,16,22H,2-7,10-12,14-15,26H2,1H3,(H,31,32)/t22-/m0/s1. The van der Waals surface area contributed by atoms with Gasteiger partial charge < -0.3 is 25.4 Å². The number of nitrogens with two attached hydrogens (primary N) is 1. The van der Waals surface area contributed by atoms with Crippen LogP contribution < -0.4 is 10.5 Å². The van der Waals surface area contributed by atoms with Crippen LogP contribution in [0.4, 0.5) is 4.79 Å². The van der Waals surface area contributed by atoms with Crippen LogP contribution in [0, 0.1) is 0 Å². The number of amides is 2. The van der Waals surface area contributed by atoms with Gasteiger partial charge in [0.1, 0.15) is 0 Å². The molecule has 3 heterocycles. The zero-order chi connectivity index (χ0) is 24.1. The van der Waals surface area contributed by atoms with Gasteiger partial charge in [-0.3, -0.25) is 9.78 Å². The lowest BCUT2D eigenvalue weighted by molar-refractivity contribution is -0.138. The number of aliphatic carboxylic acids is 1. The Bertz CT molecular complexity index is 1030. The Morgan fingerprint density at radius 1 is 1.26 bits per heavy atom. The lowest BCUT2D eigenvalue weighted by Gasteiger charge is -2.27. The summed E-state index contributed by atoms with van der Waals surface area (Å²) < 4.78 is 5.09. The Hall–Kier alpha value is -3.20. The third-order valence-corrected chi connectivity index (χ3v) is 6.76. The van der Waals surface area contributed by atoms with Crippen molar-refractivity contribution >= 4 is 12.0 Å². The minimum Gasteiger partial charge on any atom is -0.481 e. The molecule has 9 nitrogen and oxygen atoms in total. The predicted octanol–water partition coefficient (Wildman–Crippen LogP) is 2.71. The summed E-state index contributed by atoms with van der Waals surface area (Å²) >= 11 is 0. The van der Waals surface area contributed by atoms with Gasteiger partial charge in [0.2, 0.25) is 5.88 Å². The first kappa shape index (κ1) is 23.9. The van der Waals surface area contributed by atoms with Crippen LogP contribution in [0.15, 0.2) is 24.4 Å². The number of hydrogen-bond donors (Lipinski definition) is 2. The summed E-state index contributed by atoms with van der Waals surface area (Å²) in [5.74, 6) is -0.514. The topological polar surface area (TPSA) is 122 Å². The maximum atomic E-state index is 13.2. The fourth-order valence-corrected chi connectivity index (χ4v) is 4.94. The molecule has 2 amide bonds. The van der Waals surface area contributed by atoms with Crippen molar-refractivity contribution in [3.05, 3.63) is 52.5 Å². The second kappa shape index (κ2) is 10.8. The van der Waals surface area contributed by atoms with Gasteiger partial charge >= 0.3 is 12.0 Å². The van der Waals surface area contributed by atoms with Crippen LogP contribution in [0.25, 0.3) is 0 Å². The summed E-state index contributed by atoms with van der Waals surface area (Å²) in [5.41, 5.74) is 11.4. The maximum absolute atomic E-state index is 13.2. The number of aryl methyl sites for hydroxylation is 3. The van der Waals surface area contributed by atoms with Crippen molar-refractivity contribution < 1.29 is 19.4 Å². The molecular formula is C25H33N5O4. The van der Waals surface area contributed by atoms with E-state index in [9.17, 15) is 14.7 Å². The van der Waals surface area contributed by atoms with Gasteiger partial charge in [0.25, 0.3) is 0 Å². The van der Waals surface area contributed by atoms with Crippen LogP contribution in [0.5, 0.6) is 5.88 Å². The molecular weight excluding hydrogens is 434 g/mol. The molecule has 34 heavy (non-hydrogen) atoms. The average molecular weight is 468 g/mol. The summed E-state index contributed by atoms with van der Waals surface area (Å²) in [5, 5.41) is 9.45. The van der Waals surface area contributed by atoms with Crippen molar-refractivity contribution in [2.75, 3.05) is 26.7 Å². The molecule has 1 atom stereocenters. The summed E-state index contributed by atoms with van der Waals surface area (Å²) in [6, 6.07) is 4.96. The summed E-state index contributed by atoms with van der Waals surface area (Å²) in [4.78, 5) is 37.2. The second-order valence-electron chi connectivity index (χ2n) is 8.93. The minimum absolute atomic E-state index is 0.139. The van der Waals surface area contributed by atoms with Gasteiger partial charge in [-0.25, -0.2) is 9.78 Å². The molecule has 3 N–H and O–H groups in total. The number of rotatable bonds is 10. The highest BCUT2D eigenvalue weighted by Gasteiger charge is 2.35. The summed E-state index contributed by atoms with van der Waals surface area (Å²) in [7, 11) is 1.52. The predicted molar refractivity (Wildman–Crippen MR) is 127 cm³/mol. The van der Waals surface area contributed by atoms with Crippen LogP contribution in [-0.4, -0.2) is 63.6 Å². The Balaban J connectivity index is 1.40. The second-order valence-corrected chi connectivity index (χ2v) is 8.93. The molecule has 9 heteroatoms. The van der Waals surface area contributed by atoms with E-state index in [1.807, 2.05) is 0 Å². The molecule has 0 unspecified atom stereocenters. The van der Waals surface area contributed by atoms with Crippen LogP contribution in [-0.2, 0) is 30.6 Å². The zero-order valence-corrected chi connectivity index (χ0v) is 19.7. The summed E-state index contributed by atoms with van der Waals surface area (Å²) in [6.45, 7) is 2.12. The van der Waals surface area contributed by atoms with E-state index >= 15 is 0 Å². The molecule has 2 aromatic heterocycles. The first-order valence-electron chi connectivity index (χ1n) is 12.0. The van der Waals surface area contributed by atoms with E-state index in [1.165, 1.54) is 31.2 Å². The van der Waals surface area contributed by atoms with Crippen molar-refractivity contribution in [2.24, 2.45) is 5.73 Å². The number of aromatic nitrogens is 2. The number of pyridine rings is 2. The van der Waals surface area contributed by atoms with Crippen molar-refractivity contribution in [1.29, 1.82) is 0 Å². The lowest BCUT2D eigenvalue weighted by Crippen LogP contribution is -2.36. The molecule has 0 spiro atoms. The molecule has 2 aromatic rings. The number of nitrogens with zero attached hydrogens (tertiary/aromatic N) is 4. The number of carboxylic acids is 1. The molecule has 0 radical (unpaired) electrons. The highest BCUT2D eigenvalue weighted by Crippen LogP contribution is 2.29. The molecule has 2 aliphatic rings. The third-order valence-electron chi connectivity index (χ3n) is 6.76. The van der Waals surface area contributed by atoms with E-state index in [0.717, 1.165) is 36.9 Å². The van der Waals surface area contributed by atoms with Crippen molar-refractivity contribution in [3.8, 4) is 5.88 Å². The average Bonchev–Trinajstić information content (AvgIpc) is 3.21.